The lowest BCUT2D eigenvalue weighted by Gasteiger charge is -2.18. The Morgan fingerprint density at radius 3 is 2.62 bits per heavy atom. The van der Waals surface area contributed by atoms with Gasteiger partial charge in [0, 0.05) is 32.7 Å². The second kappa shape index (κ2) is 6.72. The highest BCUT2D eigenvalue weighted by Gasteiger charge is 2.38. The van der Waals surface area contributed by atoms with Gasteiger partial charge >= 0.3 is 9.05 Å². The number of hydrogen-bond acceptors (Lipinski definition) is 5. The third-order valence-corrected chi connectivity index (χ3v) is 3.70. The van der Waals surface area contributed by atoms with E-state index in [1.165, 1.54) is 14.2 Å². The molecule has 0 aliphatic rings. The predicted octanol–water partition coefficient (Wildman–Crippen LogP) is 0.752. The maximum absolute atomic E-state index is 9.58. The number of aromatic nitrogens is 1. The number of pyridine rings is 1. The van der Waals surface area contributed by atoms with E-state index < -0.39 is 9.05 Å². The second-order valence-corrected chi connectivity index (χ2v) is 5.36. The van der Waals surface area contributed by atoms with Crippen LogP contribution in [0, 0.1) is 0 Å². The molecule has 0 spiro atoms. The van der Waals surface area contributed by atoms with Gasteiger partial charge in [-0.2, -0.15) is 0 Å². The van der Waals surface area contributed by atoms with E-state index in [2.05, 4.69) is 4.98 Å². The lowest BCUT2D eigenvalue weighted by Crippen LogP contribution is -2.44. The van der Waals surface area contributed by atoms with E-state index in [0.717, 1.165) is 18.5 Å². The van der Waals surface area contributed by atoms with E-state index in [0.29, 0.717) is 6.61 Å². The molecule has 0 aliphatic heterocycles. The van der Waals surface area contributed by atoms with Crippen LogP contribution in [0.4, 0.5) is 0 Å². The summed E-state index contributed by atoms with van der Waals surface area (Å²) in [5.74, 6) is 0. The van der Waals surface area contributed by atoms with Gasteiger partial charge in [0.15, 0.2) is 0 Å². The Kier molecular flexibility index (Phi) is 5.57. The van der Waals surface area contributed by atoms with Crippen molar-refractivity contribution in [3.63, 3.8) is 0 Å². The Balaban J connectivity index is 2.22. The van der Waals surface area contributed by atoms with Gasteiger partial charge in [-0.1, -0.05) is 6.07 Å². The highest BCUT2D eigenvalue weighted by Crippen LogP contribution is 2.04. The van der Waals surface area contributed by atoms with Crippen LogP contribution in [0.25, 0.3) is 0 Å². The van der Waals surface area contributed by atoms with Crippen LogP contribution in [0.1, 0.15) is 12.1 Å². The van der Waals surface area contributed by atoms with Gasteiger partial charge < -0.3 is 18.1 Å². The van der Waals surface area contributed by atoms with Crippen molar-refractivity contribution in [2.45, 2.75) is 12.8 Å². The minimum atomic E-state index is -3.36. The van der Waals surface area contributed by atoms with Crippen LogP contribution in [-0.4, -0.2) is 39.7 Å². The molecule has 0 saturated heterocycles. The maximum atomic E-state index is 9.58. The summed E-state index contributed by atoms with van der Waals surface area (Å²) in [5, 5.41) is 0. The molecule has 0 bridgehead atoms. The molecule has 1 aromatic heterocycles. The zero-order chi connectivity index (χ0) is 11.9. The van der Waals surface area contributed by atoms with Gasteiger partial charge in [0.1, 0.15) is 0 Å². The van der Waals surface area contributed by atoms with Crippen molar-refractivity contribution in [3.05, 3.63) is 30.1 Å². The fourth-order valence-corrected chi connectivity index (χ4v) is 2.01. The molecule has 1 N–H and O–H groups in total. The molecule has 90 valence electrons. The van der Waals surface area contributed by atoms with Gasteiger partial charge in [0.2, 0.25) is 0 Å². The van der Waals surface area contributed by atoms with Crippen LogP contribution in [0.2, 0.25) is 0 Å². The van der Waals surface area contributed by atoms with Crippen molar-refractivity contribution in [2.24, 2.45) is 0 Å². The van der Waals surface area contributed by atoms with E-state index in [1.807, 2.05) is 18.2 Å². The average molecular weight is 243 g/mol. The minimum absolute atomic E-state index is 0.390. The third-order valence-electron chi connectivity index (χ3n) is 2.10. The summed E-state index contributed by atoms with van der Waals surface area (Å²) < 4.78 is 14.7. The van der Waals surface area contributed by atoms with Gasteiger partial charge in [0.25, 0.3) is 0 Å². The lowest BCUT2D eigenvalue weighted by molar-refractivity contribution is 0.0226. The van der Waals surface area contributed by atoms with Crippen LogP contribution >= 0.6 is 0 Å². The van der Waals surface area contributed by atoms with Gasteiger partial charge in [-0.3, -0.25) is 4.98 Å². The standard InChI is InChI=1S/C10H17NO4Si/c1-13-16(12,14-2)15-9-5-7-10-6-3-4-8-11-10/h3-4,6,8,12H,5,7,9H2,1-2H3. The van der Waals surface area contributed by atoms with Crippen LogP contribution in [0.15, 0.2) is 24.4 Å². The molecule has 6 heteroatoms. The zero-order valence-corrected chi connectivity index (χ0v) is 10.5. The molecular weight excluding hydrogens is 226 g/mol. The molecule has 0 unspecified atom stereocenters. The number of nitrogens with zero attached hydrogens (tertiary/aromatic N) is 1. The molecule has 0 fully saturated rings. The fraction of sp³-hybridized carbons (Fsp3) is 0.500. The van der Waals surface area contributed by atoms with Crippen LogP contribution in [-0.2, 0) is 19.7 Å². The highest BCUT2D eigenvalue weighted by atomic mass is 28.4. The monoisotopic (exact) mass is 243 g/mol. The van der Waals surface area contributed by atoms with Crippen molar-refractivity contribution in [1.29, 1.82) is 0 Å². The summed E-state index contributed by atoms with van der Waals surface area (Å²) in [7, 11) is -0.617. The number of aryl methyl sites for hydroxylation is 1. The first-order valence-corrected chi connectivity index (χ1v) is 6.74. The quantitative estimate of drug-likeness (QED) is 0.565. The molecule has 0 radical (unpaired) electrons. The topological polar surface area (TPSA) is 60.8 Å². The van der Waals surface area contributed by atoms with Crippen LogP contribution < -0.4 is 0 Å². The summed E-state index contributed by atoms with van der Waals surface area (Å²) in [5.41, 5.74) is 1.01. The summed E-state index contributed by atoms with van der Waals surface area (Å²) >= 11 is 0. The highest BCUT2D eigenvalue weighted by molar-refractivity contribution is 6.51. The first-order chi connectivity index (χ1) is 7.70. The molecule has 1 aromatic rings. The predicted molar refractivity (Wildman–Crippen MR) is 60.5 cm³/mol. The average Bonchev–Trinajstić information content (AvgIpc) is 2.36. The van der Waals surface area contributed by atoms with Crippen molar-refractivity contribution < 1.29 is 18.1 Å². The maximum Gasteiger partial charge on any atom is 0.676 e. The molecule has 0 aromatic carbocycles. The van der Waals surface area contributed by atoms with Crippen molar-refractivity contribution in [3.8, 4) is 0 Å². The van der Waals surface area contributed by atoms with Gasteiger partial charge in [0.05, 0.1) is 0 Å². The Morgan fingerprint density at radius 1 is 1.31 bits per heavy atom. The Bertz CT molecular complexity index is 292. The number of hydrogen-bond donors (Lipinski definition) is 1. The molecule has 16 heavy (non-hydrogen) atoms. The molecular formula is C10H17NO4Si. The second-order valence-electron chi connectivity index (χ2n) is 3.21. The minimum Gasteiger partial charge on any atom is -0.367 e. The van der Waals surface area contributed by atoms with E-state index in [-0.39, 0.29) is 0 Å². The molecule has 0 amide bonds. The first-order valence-electron chi connectivity index (χ1n) is 5.07. The normalized spacial score (nSPS) is 11.7. The molecule has 5 nitrogen and oxygen atoms in total. The third kappa shape index (κ3) is 4.38. The van der Waals surface area contributed by atoms with Crippen molar-refractivity contribution in [2.75, 3.05) is 20.8 Å². The Morgan fingerprint density at radius 2 is 2.06 bits per heavy atom. The van der Waals surface area contributed by atoms with Crippen molar-refractivity contribution >= 4 is 9.05 Å². The van der Waals surface area contributed by atoms with E-state index in [4.69, 9.17) is 13.3 Å². The molecule has 0 aliphatic carbocycles. The van der Waals surface area contributed by atoms with Crippen molar-refractivity contribution in [1.82, 2.24) is 4.98 Å². The number of rotatable bonds is 7. The summed E-state index contributed by atoms with van der Waals surface area (Å²) in [6.45, 7) is 0.390. The largest absolute Gasteiger partial charge is 0.676 e. The van der Waals surface area contributed by atoms with E-state index in [9.17, 15) is 4.80 Å². The SMILES string of the molecule is CO[Si](O)(OC)OCCCc1ccccn1. The zero-order valence-electron chi connectivity index (χ0n) is 9.55. The summed E-state index contributed by atoms with van der Waals surface area (Å²) in [6.07, 6.45) is 3.32. The first kappa shape index (κ1) is 13.3. The summed E-state index contributed by atoms with van der Waals surface area (Å²) in [4.78, 5) is 13.8. The smallest absolute Gasteiger partial charge is 0.367 e. The van der Waals surface area contributed by atoms with E-state index in [1.54, 1.807) is 6.20 Å². The molecule has 0 atom stereocenters. The van der Waals surface area contributed by atoms with Gasteiger partial charge in [-0.25, -0.2) is 0 Å². The molecule has 1 rings (SSSR count). The Hall–Kier alpha value is -0.793. The van der Waals surface area contributed by atoms with Gasteiger partial charge in [-0.15, -0.1) is 0 Å². The lowest BCUT2D eigenvalue weighted by atomic mass is 10.2. The van der Waals surface area contributed by atoms with Crippen LogP contribution in [0.3, 0.4) is 0 Å². The summed E-state index contributed by atoms with van der Waals surface area (Å²) in [6, 6.07) is 5.77. The fourth-order valence-electron chi connectivity index (χ4n) is 1.20. The van der Waals surface area contributed by atoms with Crippen LogP contribution in [0.5, 0.6) is 0 Å². The van der Waals surface area contributed by atoms with Gasteiger partial charge in [-0.05, 0) is 25.0 Å². The Labute approximate surface area is 96.5 Å². The van der Waals surface area contributed by atoms with E-state index >= 15 is 0 Å². The molecule has 0 saturated carbocycles. The molecule has 1 heterocycles.